The summed E-state index contributed by atoms with van der Waals surface area (Å²) >= 11 is 0. The van der Waals surface area contributed by atoms with Gasteiger partial charge in [0.15, 0.2) is 0 Å². The normalized spacial score (nSPS) is 11.2. The summed E-state index contributed by atoms with van der Waals surface area (Å²) < 4.78 is 5.76. The van der Waals surface area contributed by atoms with Crippen molar-refractivity contribution in [3.05, 3.63) is 18.2 Å². The Labute approximate surface area is 123 Å². The molecule has 2 N–H and O–H groups in total. The number of rotatable bonds is 8. The van der Waals surface area contributed by atoms with E-state index in [1.807, 2.05) is 26.0 Å². The molecular weight excluding hydrogens is 250 g/mol. The van der Waals surface area contributed by atoms with Gasteiger partial charge in [-0.05, 0) is 53.9 Å². The summed E-state index contributed by atoms with van der Waals surface area (Å²) in [5.41, 5.74) is 7.88. The lowest BCUT2D eigenvalue weighted by Crippen LogP contribution is -2.27. The number of anilines is 2. The van der Waals surface area contributed by atoms with Gasteiger partial charge in [0.1, 0.15) is 5.75 Å². The molecule has 1 aromatic rings. The third-order valence-electron chi connectivity index (χ3n) is 3.07. The van der Waals surface area contributed by atoms with Gasteiger partial charge in [0, 0.05) is 36.6 Å². The quantitative estimate of drug-likeness (QED) is 0.743. The fourth-order valence-corrected chi connectivity index (χ4v) is 2.18. The Morgan fingerprint density at radius 1 is 1.15 bits per heavy atom. The van der Waals surface area contributed by atoms with Crippen LogP contribution in [0.5, 0.6) is 5.75 Å². The first kappa shape index (κ1) is 16.6. The zero-order valence-corrected chi connectivity index (χ0v) is 13.5. The fraction of sp³-hybridized carbons (Fsp3) is 0.625. The lowest BCUT2D eigenvalue weighted by molar-refractivity contribution is 0.242. The first-order chi connectivity index (χ1) is 9.42. The van der Waals surface area contributed by atoms with E-state index in [9.17, 15) is 0 Å². The van der Waals surface area contributed by atoms with Crippen LogP contribution in [0.3, 0.4) is 0 Å². The lowest BCUT2D eigenvalue weighted by Gasteiger charge is -2.25. The van der Waals surface area contributed by atoms with Crippen LogP contribution in [-0.4, -0.2) is 44.7 Å². The van der Waals surface area contributed by atoms with Crippen molar-refractivity contribution in [1.29, 1.82) is 0 Å². The lowest BCUT2D eigenvalue weighted by atomic mass is 10.2. The first-order valence-electron chi connectivity index (χ1n) is 7.39. The van der Waals surface area contributed by atoms with Crippen molar-refractivity contribution >= 4 is 11.4 Å². The fourth-order valence-electron chi connectivity index (χ4n) is 2.18. The SMILES string of the molecule is CCN(CCCN(C)C)c1cc(N)cc(OC(C)C)c1. The van der Waals surface area contributed by atoms with Gasteiger partial charge in [-0.2, -0.15) is 0 Å². The molecule has 0 aromatic heterocycles. The van der Waals surface area contributed by atoms with Crippen LogP contribution in [0.2, 0.25) is 0 Å². The predicted octanol–water partition coefficient (Wildman–Crippen LogP) is 2.83. The molecule has 0 radical (unpaired) electrons. The average molecular weight is 279 g/mol. The Balaban J connectivity index is 2.77. The van der Waals surface area contributed by atoms with Crippen LogP contribution in [-0.2, 0) is 0 Å². The van der Waals surface area contributed by atoms with Gasteiger partial charge in [0.05, 0.1) is 6.10 Å². The second kappa shape index (κ2) is 8.00. The van der Waals surface area contributed by atoms with Crippen LogP contribution in [0.1, 0.15) is 27.2 Å². The van der Waals surface area contributed by atoms with Crippen molar-refractivity contribution < 1.29 is 4.74 Å². The van der Waals surface area contributed by atoms with Crippen LogP contribution in [0.4, 0.5) is 11.4 Å². The molecule has 0 heterocycles. The van der Waals surface area contributed by atoms with Gasteiger partial charge in [0.25, 0.3) is 0 Å². The molecule has 4 heteroatoms. The van der Waals surface area contributed by atoms with Crippen molar-refractivity contribution in [1.82, 2.24) is 4.90 Å². The Morgan fingerprint density at radius 2 is 1.85 bits per heavy atom. The molecule has 0 aliphatic rings. The summed E-state index contributed by atoms with van der Waals surface area (Å²) in [6.07, 6.45) is 1.30. The molecule has 0 fully saturated rings. The maximum atomic E-state index is 5.99. The highest BCUT2D eigenvalue weighted by Crippen LogP contribution is 2.26. The number of hydrogen-bond acceptors (Lipinski definition) is 4. The van der Waals surface area contributed by atoms with Crippen molar-refractivity contribution in [2.75, 3.05) is 44.4 Å². The third-order valence-corrected chi connectivity index (χ3v) is 3.07. The number of hydrogen-bond donors (Lipinski definition) is 1. The van der Waals surface area contributed by atoms with Crippen molar-refractivity contribution in [2.24, 2.45) is 0 Å². The van der Waals surface area contributed by atoms with Gasteiger partial charge in [-0.1, -0.05) is 0 Å². The Hall–Kier alpha value is -1.42. The van der Waals surface area contributed by atoms with Crippen LogP contribution in [0.25, 0.3) is 0 Å². The number of nitrogens with two attached hydrogens (primary N) is 1. The Morgan fingerprint density at radius 3 is 2.40 bits per heavy atom. The van der Waals surface area contributed by atoms with Crippen molar-refractivity contribution in [3.8, 4) is 5.75 Å². The van der Waals surface area contributed by atoms with Gasteiger partial charge in [-0.3, -0.25) is 0 Å². The van der Waals surface area contributed by atoms with E-state index in [0.29, 0.717) is 0 Å². The average Bonchev–Trinajstić information content (AvgIpc) is 2.32. The molecule has 0 saturated carbocycles. The standard InChI is InChI=1S/C16H29N3O/c1-6-19(9-7-8-18(4)5)15-10-14(17)11-16(12-15)20-13(2)3/h10-13H,6-9,17H2,1-5H3. The molecule has 1 aromatic carbocycles. The van der Waals surface area contributed by atoms with Crippen LogP contribution < -0.4 is 15.4 Å². The molecule has 114 valence electrons. The zero-order chi connectivity index (χ0) is 15.1. The van der Waals surface area contributed by atoms with E-state index in [0.717, 1.165) is 43.2 Å². The molecule has 0 atom stereocenters. The highest BCUT2D eigenvalue weighted by molar-refractivity contribution is 5.60. The van der Waals surface area contributed by atoms with E-state index in [4.69, 9.17) is 10.5 Å². The molecule has 0 spiro atoms. The van der Waals surface area contributed by atoms with Gasteiger partial charge in [0.2, 0.25) is 0 Å². The summed E-state index contributed by atoms with van der Waals surface area (Å²) in [6.45, 7) is 9.31. The number of benzene rings is 1. The van der Waals surface area contributed by atoms with Crippen LogP contribution in [0.15, 0.2) is 18.2 Å². The number of nitrogen functional groups attached to an aromatic ring is 1. The molecule has 0 amide bonds. The predicted molar refractivity (Wildman–Crippen MR) is 87.7 cm³/mol. The summed E-state index contributed by atoms with van der Waals surface area (Å²) in [5.74, 6) is 0.848. The summed E-state index contributed by atoms with van der Waals surface area (Å²) in [4.78, 5) is 4.55. The number of nitrogens with zero attached hydrogens (tertiary/aromatic N) is 2. The smallest absolute Gasteiger partial charge is 0.123 e. The topological polar surface area (TPSA) is 41.7 Å². The third kappa shape index (κ3) is 5.70. The monoisotopic (exact) mass is 279 g/mol. The van der Waals surface area contributed by atoms with Gasteiger partial charge in [-0.25, -0.2) is 0 Å². The Bertz CT molecular complexity index is 405. The molecule has 0 aliphatic carbocycles. The van der Waals surface area contributed by atoms with E-state index in [-0.39, 0.29) is 6.10 Å². The molecule has 0 aliphatic heterocycles. The van der Waals surface area contributed by atoms with Crippen molar-refractivity contribution in [2.45, 2.75) is 33.3 Å². The van der Waals surface area contributed by atoms with E-state index in [1.165, 1.54) is 0 Å². The maximum absolute atomic E-state index is 5.99. The molecule has 20 heavy (non-hydrogen) atoms. The van der Waals surface area contributed by atoms with Crippen LogP contribution in [0, 0.1) is 0 Å². The van der Waals surface area contributed by atoms with Crippen LogP contribution >= 0.6 is 0 Å². The summed E-state index contributed by atoms with van der Waals surface area (Å²) in [5, 5.41) is 0. The molecule has 4 nitrogen and oxygen atoms in total. The molecule has 0 bridgehead atoms. The van der Waals surface area contributed by atoms with E-state index >= 15 is 0 Å². The zero-order valence-electron chi connectivity index (χ0n) is 13.5. The molecule has 1 rings (SSSR count). The Kier molecular flexibility index (Phi) is 6.65. The minimum Gasteiger partial charge on any atom is -0.491 e. The van der Waals surface area contributed by atoms with Gasteiger partial charge >= 0.3 is 0 Å². The highest BCUT2D eigenvalue weighted by atomic mass is 16.5. The van der Waals surface area contributed by atoms with Gasteiger partial charge in [-0.15, -0.1) is 0 Å². The first-order valence-corrected chi connectivity index (χ1v) is 7.39. The highest BCUT2D eigenvalue weighted by Gasteiger charge is 2.08. The van der Waals surface area contributed by atoms with Gasteiger partial charge < -0.3 is 20.3 Å². The molecular formula is C16H29N3O. The largest absolute Gasteiger partial charge is 0.491 e. The minimum absolute atomic E-state index is 0.161. The second-order valence-electron chi connectivity index (χ2n) is 5.66. The molecule has 0 unspecified atom stereocenters. The van der Waals surface area contributed by atoms with E-state index in [1.54, 1.807) is 0 Å². The van der Waals surface area contributed by atoms with Crippen molar-refractivity contribution in [3.63, 3.8) is 0 Å². The summed E-state index contributed by atoms with van der Waals surface area (Å²) in [6, 6.07) is 5.99. The van der Waals surface area contributed by atoms with E-state index < -0.39 is 0 Å². The second-order valence-corrected chi connectivity index (χ2v) is 5.66. The number of ether oxygens (including phenoxy) is 1. The van der Waals surface area contributed by atoms with E-state index in [2.05, 4.69) is 36.9 Å². The maximum Gasteiger partial charge on any atom is 0.123 e. The minimum atomic E-state index is 0.161. The summed E-state index contributed by atoms with van der Waals surface area (Å²) in [7, 11) is 4.21. The molecule has 0 saturated heterocycles.